The fraction of sp³-hybridized carbons (Fsp3) is 0.957. The Labute approximate surface area is 371 Å². The molecule has 1 spiro atoms. The van der Waals surface area contributed by atoms with Crippen molar-refractivity contribution in [1.29, 1.82) is 0 Å². The number of aliphatic hydroxyl groups excluding tert-OH is 9. The maximum absolute atomic E-state index is 12.2. The van der Waals surface area contributed by atoms with E-state index in [-0.39, 0.29) is 39.4 Å². The first-order valence-electron chi connectivity index (χ1n) is 23.8. The van der Waals surface area contributed by atoms with Gasteiger partial charge in [-0.2, -0.15) is 0 Å². The van der Waals surface area contributed by atoms with Gasteiger partial charge in [0.25, 0.3) is 0 Å². The second kappa shape index (κ2) is 16.1. The molecule has 4 aliphatic heterocycles. The SMILES string of the molecule is CC1C2C3(CC[C@H]1C)COC21C=CC2[C@@]4(C)CC[C@H](O[C@@H]5O[C@H](C)[C@H](O)[C@H](O)[C@H]5O[C@@H]5O[C@H](CO)[C@@H](O)[C@H](O)[C@H]5O[C@@H]5OC[C@@H](O)[C@H](O)[C@H]5O)C(C)(C)C4CC[C@@]2(C)[C@]1(C)C[C@H]3O. The first-order valence-corrected chi connectivity index (χ1v) is 23.8. The van der Waals surface area contributed by atoms with E-state index in [0.29, 0.717) is 24.9 Å². The van der Waals surface area contributed by atoms with Gasteiger partial charge in [0.2, 0.25) is 0 Å². The summed E-state index contributed by atoms with van der Waals surface area (Å²) in [6.45, 7) is 17.6. The Morgan fingerprint density at radius 3 is 2.06 bits per heavy atom. The molecule has 9 aliphatic rings. The average Bonchev–Trinajstić information content (AvgIpc) is 3.54. The monoisotopic (exact) mass is 897 g/mol. The van der Waals surface area contributed by atoms with Gasteiger partial charge < -0.3 is 79.1 Å². The third-order valence-electron chi connectivity index (χ3n) is 19.8. The number of ether oxygens (including phenoxy) is 7. The van der Waals surface area contributed by atoms with E-state index in [9.17, 15) is 46.0 Å². The predicted octanol–water partition coefficient (Wildman–Crippen LogP) is 1.12. The van der Waals surface area contributed by atoms with Gasteiger partial charge in [0.1, 0.15) is 61.0 Å². The fourth-order valence-electron chi connectivity index (χ4n) is 15.8. The molecule has 0 aromatic heterocycles. The van der Waals surface area contributed by atoms with Gasteiger partial charge in [0, 0.05) is 16.7 Å². The smallest absolute Gasteiger partial charge is 0.187 e. The highest BCUT2D eigenvalue weighted by Crippen LogP contribution is 2.79. The topological polar surface area (TPSA) is 247 Å². The van der Waals surface area contributed by atoms with Gasteiger partial charge in [-0.05, 0) is 91.8 Å². The molecule has 26 atom stereocenters. The fourth-order valence-corrected chi connectivity index (χ4v) is 15.8. The molecule has 360 valence electrons. The van der Waals surface area contributed by atoms with Gasteiger partial charge in [-0.1, -0.05) is 60.6 Å². The molecule has 4 heterocycles. The minimum absolute atomic E-state index is 0.139. The second-order valence-electron chi connectivity index (χ2n) is 22.9. The zero-order valence-corrected chi connectivity index (χ0v) is 38.2. The lowest BCUT2D eigenvalue weighted by atomic mass is 9.31. The Morgan fingerprint density at radius 2 is 1.37 bits per heavy atom. The van der Waals surface area contributed by atoms with Gasteiger partial charge in [-0.3, -0.25) is 0 Å². The lowest BCUT2D eigenvalue weighted by molar-refractivity contribution is -0.393. The van der Waals surface area contributed by atoms with Crippen LogP contribution in [0.15, 0.2) is 12.2 Å². The maximum Gasteiger partial charge on any atom is 0.187 e. The Morgan fingerprint density at radius 1 is 0.698 bits per heavy atom. The Kier molecular flexibility index (Phi) is 12.1. The number of hydrogen-bond donors (Lipinski definition) is 9. The molecule has 9 N–H and O–H groups in total. The molecule has 0 amide bonds. The van der Waals surface area contributed by atoms with Crippen LogP contribution >= 0.6 is 0 Å². The molecule has 2 bridgehead atoms. The van der Waals surface area contributed by atoms with Crippen molar-refractivity contribution in [3.05, 3.63) is 12.2 Å². The highest BCUT2D eigenvalue weighted by molar-refractivity contribution is 5.36. The van der Waals surface area contributed by atoms with Gasteiger partial charge in [0.05, 0.1) is 43.7 Å². The standard InChI is InChI=1S/C47H76O16/c1-21-9-15-46-20-58-47(38(46)22(21)2)16-11-27-43(6)13-12-29(42(4,5)26(43)10-14-44(27,7)45(47,8)17-28(46)50)61-40-36(33(54)30(51)23(3)59-40)63-41-37(34(55)32(53)25(18-48)60-41)62-39-35(56)31(52)24(49)19-57-39/h11,16,21-41,48-56H,9-10,12-15,17-20H2,1-8H3/t21-,22?,23-,24-,25-,26?,27?,28-,29+,30+,31+,32-,33+,34+,35-,36-,37-,38?,39+,40+,41+,43+,44-,45+,46?,47?/m1/s1. The van der Waals surface area contributed by atoms with E-state index in [1.807, 2.05) is 0 Å². The molecule has 0 aromatic rings. The first kappa shape index (κ1) is 47.2. The van der Waals surface area contributed by atoms with Crippen LogP contribution < -0.4 is 0 Å². The minimum atomic E-state index is -1.78. The quantitative estimate of drug-likeness (QED) is 0.128. The second-order valence-corrected chi connectivity index (χ2v) is 22.9. The molecule has 16 heteroatoms. The number of aliphatic hydroxyl groups is 9. The molecule has 0 aromatic carbocycles. The largest absolute Gasteiger partial charge is 0.394 e. The van der Waals surface area contributed by atoms with Crippen LogP contribution in [0.2, 0.25) is 0 Å². The summed E-state index contributed by atoms with van der Waals surface area (Å²) in [6, 6.07) is 0. The summed E-state index contributed by atoms with van der Waals surface area (Å²) in [7, 11) is 0. The summed E-state index contributed by atoms with van der Waals surface area (Å²) in [6.07, 6.45) is -10.7. The van der Waals surface area contributed by atoms with Crippen LogP contribution in [0.1, 0.15) is 100 Å². The van der Waals surface area contributed by atoms with Gasteiger partial charge in [0.15, 0.2) is 18.9 Å². The summed E-state index contributed by atoms with van der Waals surface area (Å²) in [4.78, 5) is 0. The van der Waals surface area contributed by atoms with E-state index in [1.54, 1.807) is 6.92 Å². The van der Waals surface area contributed by atoms with Crippen molar-refractivity contribution in [2.75, 3.05) is 19.8 Å². The van der Waals surface area contributed by atoms with Crippen LogP contribution in [0.5, 0.6) is 0 Å². The lowest BCUT2D eigenvalue weighted by Crippen LogP contribution is -2.73. The average molecular weight is 897 g/mol. The Hall–Kier alpha value is -0.900. The van der Waals surface area contributed by atoms with Crippen LogP contribution in [0.25, 0.3) is 0 Å². The van der Waals surface area contributed by atoms with Crippen molar-refractivity contribution in [3.8, 4) is 0 Å². The highest BCUT2D eigenvalue weighted by Gasteiger charge is 2.79. The molecule has 5 aliphatic carbocycles. The maximum atomic E-state index is 12.2. The van der Waals surface area contributed by atoms with E-state index in [1.165, 1.54) is 0 Å². The molecule has 16 nitrogen and oxygen atoms in total. The van der Waals surface area contributed by atoms with E-state index in [0.717, 1.165) is 38.5 Å². The van der Waals surface area contributed by atoms with Crippen molar-refractivity contribution in [3.63, 3.8) is 0 Å². The van der Waals surface area contributed by atoms with E-state index < -0.39 is 122 Å². The molecule has 0 radical (unpaired) electrons. The van der Waals surface area contributed by atoms with Crippen LogP contribution in [-0.2, 0) is 33.2 Å². The van der Waals surface area contributed by atoms with Crippen molar-refractivity contribution < 1.29 is 79.1 Å². The lowest BCUT2D eigenvalue weighted by Gasteiger charge is -2.73. The number of hydrogen-bond acceptors (Lipinski definition) is 16. The van der Waals surface area contributed by atoms with E-state index >= 15 is 0 Å². The highest BCUT2D eigenvalue weighted by atomic mass is 16.8. The third-order valence-corrected chi connectivity index (χ3v) is 19.8. The summed E-state index contributed by atoms with van der Waals surface area (Å²) in [5, 5.41) is 98.1. The molecule has 4 saturated carbocycles. The van der Waals surface area contributed by atoms with Gasteiger partial charge in [-0.25, -0.2) is 0 Å². The van der Waals surface area contributed by atoms with Crippen molar-refractivity contribution in [1.82, 2.24) is 0 Å². The summed E-state index contributed by atoms with van der Waals surface area (Å²) in [5.74, 6) is 1.64. The number of rotatable bonds is 7. The van der Waals surface area contributed by atoms with Gasteiger partial charge in [-0.15, -0.1) is 0 Å². The number of fused-ring (bicyclic) bond motifs is 4. The zero-order valence-electron chi connectivity index (χ0n) is 38.2. The normalized spacial score (nSPS) is 59.8. The Bertz CT molecular complexity index is 1720. The van der Waals surface area contributed by atoms with Gasteiger partial charge >= 0.3 is 0 Å². The molecular formula is C47H76O16. The molecule has 63 heavy (non-hydrogen) atoms. The van der Waals surface area contributed by atoms with E-state index in [2.05, 4.69) is 60.6 Å². The van der Waals surface area contributed by atoms with Crippen molar-refractivity contribution in [2.24, 2.45) is 56.7 Å². The zero-order chi connectivity index (χ0) is 45.6. The van der Waals surface area contributed by atoms with E-state index in [4.69, 9.17) is 33.2 Å². The minimum Gasteiger partial charge on any atom is -0.394 e. The van der Waals surface area contributed by atoms with Crippen molar-refractivity contribution in [2.45, 2.75) is 204 Å². The summed E-state index contributed by atoms with van der Waals surface area (Å²) < 4.78 is 44.0. The summed E-state index contributed by atoms with van der Waals surface area (Å²) in [5.41, 5.74) is -1.67. The molecular weight excluding hydrogens is 821 g/mol. The first-order chi connectivity index (χ1) is 29.5. The van der Waals surface area contributed by atoms with Crippen LogP contribution in [0.4, 0.5) is 0 Å². The van der Waals surface area contributed by atoms with Crippen molar-refractivity contribution >= 4 is 0 Å². The van der Waals surface area contributed by atoms with Crippen LogP contribution in [0.3, 0.4) is 0 Å². The van der Waals surface area contributed by atoms with Crippen LogP contribution in [-0.4, -0.2) is 170 Å². The summed E-state index contributed by atoms with van der Waals surface area (Å²) >= 11 is 0. The number of allylic oxidation sites excluding steroid dienone is 1. The molecule has 4 saturated heterocycles. The third kappa shape index (κ3) is 6.58. The van der Waals surface area contributed by atoms with Crippen LogP contribution in [0, 0.1) is 56.7 Å². The predicted molar refractivity (Wildman–Crippen MR) is 222 cm³/mol. The molecule has 8 fully saturated rings. The Balaban J connectivity index is 0.978. The molecule has 6 unspecified atom stereocenters. The molecule has 9 rings (SSSR count).